The Kier molecular flexibility index (Phi) is 3.21. The molecule has 3 rings (SSSR count). The molecule has 1 N–H and O–H groups in total. The van der Waals surface area contributed by atoms with E-state index in [1.807, 2.05) is 54.6 Å². The van der Waals surface area contributed by atoms with E-state index < -0.39 is 0 Å². The van der Waals surface area contributed by atoms with Gasteiger partial charge >= 0.3 is 0 Å². The Balaban J connectivity index is 1.97. The third-order valence-electron chi connectivity index (χ3n) is 3.37. The molecule has 0 amide bonds. The number of benzene rings is 3. The van der Waals surface area contributed by atoms with Crippen molar-refractivity contribution in [2.24, 2.45) is 0 Å². The minimum absolute atomic E-state index is 0.0460. The van der Waals surface area contributed by atoms with Crippen molar-refractivity contribution in [1.82, 2.24) is 0 Å². The van der Waals surface area contributed by atoms with Gasteiger partial charge in [0.05, 0.1) is 5.56 Å². The van der Waals surface area contributed by atoms with Crippen LogP contribution in [-0.2, 0) is 6.42 Å². The summed E-state index contributed by atoms with van der Waals surface area (Å²) in [5.74, 6) is -0.0240. The molecule has 0 unspecified atom stereocenters. The van der Waals surface area contributed by atoms with Gasteiger partial charge in [-0.15, -0.1) is 0 Å². The Labute approximate surface area is 117 Å². The highest BCUT2D eigenvalue weighted by molar-refractivity contribution is 6.03. The molecule has 0 heterocycles. The number of ketones is 1. The minimum Gasteiger partial charge on any atom is -0.507 e. The van der Waals surface area contributed by atoms with Crippen LogP contribution in [0.5, 0.6) is 5.75 Å². The van der Waals surface area contributed by atoms with Crippen LogP contribution in [0.3, 0.4) is 0 Å². The number of aromatic hydroxyl groups is 1. The number of carbonyl (C=O) groups is 1. The maximum absolute atomic E-state index is 12.3. The lowest BCUT2D eigenvalue weighted by atomic mass is 9.99. The lowest BCUT2D eigenvalue weighted by Crippen LogP contribution is -2.03. The molecular weight excluding hydrogens is 248 g/mol. The summed E-state index contributed by atoms with van der Waals surface area (Å²) >= 11 is 0. The van der Waals surface area contributed by atoms with Crippen LogP contribution in [0.4, 0.5) is 0 Å². The quantitative estimate of drug-likeness (QED) is 0.725. The summed E-state index contributed by atoms with van der Waals surface area (Å²) in [6.07, 6.45) is 0.298. The van der Waals surface area contributed by atoms with Gasteiger partial charge < -0.3 is 5.11 Å². The molecule has 0 atom stereocenters. The van der Waals surface area contributed by atoms with Crippen molar-refractivity contribution in [3.8, 4) is 5.75 Å². The van der Waals surface area contributed by atoms with E-state index in [1.165, 1.54) is 0 Å². The summed E-state index contributed by atoms with van der Waals surface area (Å²) < 4.78 is 0. The molecule has 0 saturated carbocycles. The van der Waals surface area contributed by atoms with Gasteiger partial charge in [-0.05, 0) is 28.5 Å². The zero-order chi connectivity index (χ0) is 13.9. The largest absolute Gasteiger partial charge is 0.507 e. The van der Waals surface area contributed by atoms with E-state index in [2.05, 4.69) is 0 Å². The number of phenolic OH excluding ortho intramolecular Hbond substituents is 1. The summed E-state index contributed by atoms with van der Waals surface area (Å²) in [6.45, 7) is 0. The van der Waals surface area contributed by atoms with Gasteiger partial charge in [0.25, 0.3) is 0 Å². The molecule has 3 aromatic rings. The third-order valence-corrected chi connectivity index (χ3v) is 3.37. The van der Waals surface area contributed by atoms with Crippen molar-refractivity contribution in [3.05, 3.63) is 77.9 Å². The predicted octanol–water partition coefficient (Wildman–Crippen LogP) is 3.97. The normalized spacial score (nSPS) is 10.6. The van der Waals surface area contributed by atoms with Crippen LogP contribution in [0, 0.1) is 0 Å². The highest BCUT2D eigenvalue weighted by Crippen LogP contribution is 2.26. The first kappa shape index (κ1) is 12.4. The highest BCUT2D eigenvalue weighted by Gasteiger charge is 2.12. The lowest BCUT2D eigenvalue weighted by Gasteiger charge is -2.06. The third kappa shape index (κ3) is 2.41. The van der Waals surface area contributed by atoms with Crippen molar-refractivity contribution in [1.29, 1.82) is 0 Å². The molecule has 0 saturated heterocycles. The molecule has 0 bridgehead atoms. The number of rotatable bonds is 3. The highest BCUT2D eigenvalue weighted by atomic mass is 16.3. The molecule has 0 radical (unpaired) electrons. The van der Waals surface area contributed by atoms with Crippen LogP contribution in [0.2, 0.25) is 0 Å². The van der Waals surface area contributed by atoms with Crippen LogP contribution in [0.1, 0.15) is 15.9 Å². The second-order valence-electron chi connectivity index (χ2n) is 4.80. The maximum Gasteiger partial charge on any atom is 0.170 e. The molecule has 3 aromatic carbocycles. The first-order chi connectivity index (χ1) is 9.74. The average molecular weight is 262 g/mol. The number of phenols is 1. The van der Waals surface area contributed by atoms with Crippen molar-refractivity contribution >= 4 is 16.6 Å². The molecule has 2 heteroatoms. The molecular formula is C18H14O2. The Morgan fingerprint density at radius 2 is 1.45 bits per heavy atom. The maximum atomic E-state index is 12.3. The average Bonchev–Trinajstić information content (AvgIpc) is 2.47. The summed E-state index contributed by atoms with van der Waals surface area (Å²) in [6, 6.07) is 20.6. The second kappa shape index (κ2) is 5.17. The molecule has 0 fully saturated rings. The van der Waals surface area contributed by atoms with Gasteiger partial charge in [-0.1, -0.05) is 54.6 Å². The standard InChI is InChI=1S/C18H14O2/c19-17(10-13-6-2-1-3-7-13)16-11-14-8-4-5-9-15(14)12-18(16)20/h1-9,11-12,20H,10H2. The fraction of sp³-hybridized carbons (Fsp3) is 0.0556. The van der Waals surface area contributed by atoms with E-state index in [-0.39, 0.29) is 11.5 Å². The van der Waals surface area contributed by atoms with E-state index in [0.29, 0.717) is 12.0 Å². The van der Waals surface area contributed by atoms with Crippen molar-refractivity contribution in [2.45, 2.75) is 6.42 Å². The molecule has 0 aliphatic carbocycles. The predicted molar refractivity (Wildman–Crippen MR) is 80.1 cm³/mol. The summed E-state index contributed by atoms with van der Waals surface area (Å²) in [5, 5.41) is 11.9. The van der Waals surface area contributed by atoms with Crippen LogP contribution >= 0.6 is 0 Å². The van der Waals surface area contributed by atoms with Crippen LogP contribution in [-0.4, -0.2) is 10.9 Å². The summed E-state index contributed by atoms with van der Waals surface area (Å²) in [5.41, 5.74) is 1.33. The van der Waals surface area contributed by atoms with Gasteiger partial charge in [-0.25, -0.2) is 0 Å². The van der Waals surface area contributed by atoms with Crippen LogP contribution < -0.4 is 0 Å². The Morgan fingerprint density at radius 3 is 2.15 bits per heavy atom. The van der Waals surface area contributed by atoms with Gasteiger partial charge in [-0.2, -0.15) is 0 Å². The van der Waals surface area contributed by atoms with Crippen LogP contribution in [0.25, 0.3) is 10.8 Å². The topological polar surface area (TPSA) is 37.3 Å². The second-order valence-corrected chi connectivity index (χ2v) is 4.80. The number of carbonyl (C=O) groups excluding carboxylic acids is 1. The molecule has 0 spiro atoms. The van der Waals surface area contributed by atoms with Gasteiger partial charge in [0.15, 0.2) is 5.78 Å². The number of Topliss-reactive ketones (excluding diaryl/α,β-unsaturated/α-hetero) is 1. The molecule has 20 heavy (non-hydrogen) atoms. The molecule has 0 aliphatic heterocycles. The van der Waals surface area contributed by atoms with Gasteiger partial charge in [0.2, 0.25) is 0 Å². The number of hydrogen-bond donors (Lipinski definition) is 1. The van der Waals surface area contributed by atoms with E-state index in [1.54, 1.807) is 12.1 Å². The number of fused-ring (bicyclic) bond motifs is 1. The van der Waals surface area contributed by atoms with Crippen molar-refractivity contribution < 1.29 is 9.90 Å². The summed E-state index contributed by atoms with van der Waals surface area (Å²) in [7, 11) is 0. The molecule has 2 nitrogen and oxygen atoms in total. The van der Waals surface area contributed by atoms with Gasteiger partial charge in [0.1, 0.15) is 5.75 Å². The van der Waals surface area contributed by atoms with Crippen molar-refractivity contribution in [2.75, 3.05) is 0 Å². The first-order valence-corrected chi connectivity index (χ1v) is 6.53. The van der Waals surface area contributed by atoms with E-state index in [0.717, 1.165) is 16.3 Å². The van der Waals surface area contributed by atoms with Gasteiger partial charge in [-0.3, -0.25) is 4.79 Å². The Morgan fingerprint density at radius 1 is 0.850 bits per heavy atom. The Hall–Kier alpha value is -2.61. The zero-order valence-corrected chi connectivity index (χ0v) is 10.9. The van der Waals surface area contributed by atoms with Crippen molar-refractivity contribution in [3.63, 3.8) is 0 Å². The lowest BCUT2D eigenvalue weighted by molar-refractivity contribution is 0.0990. The van der Waals surface area contributed by atoms with E-state index in [9.17, 15) is 9.90 Å². The zero-order valence-electron chi connectivity index (χ0n) is 10.9. The number of hydrogen-bond acceptors (Lipinski definition) is 2. The Bertz CT molecular complexity index is 761. The molecule has 98 valence electrons. The minimum atomic E-state index is -0.0700. The fourth-order valence-electron chi connectivity index (χ4n) is 2.33. The van der Waals surface area contributed by atoms with E-state index >= 15 is 0 Å². The first-order valence-electron chi connectivity index (χ1n) is 6.53. The molecule has 0 aliphatic rings. The SMILES string of the molecule is O=C(Cc1ccccc1)c1cc2ccccc2cc1O. The summed E-state index contributed by atoms with van der Waals surface area (Å²) in [4.78, 5) is 12.3. The molecule has 0 aromatic heterocycles. The van der Waals surface area contributed by atoms with Gasteiger partial charge in [0, 0.05) is 6.42 Å². The fourth-order valence-corrected chi connectivity index (χ4v) is 2.33. The van der Waals surface area contributed by atoms with E-state index in [4.69, 9.17) is 0 Å². The van der Waals surface area contributed by atoms with Crippen LogP contribution in [0.15, 0.2) is 66.7 Å². The monoisotopic (exact) mass is 262 g/mol. The smallest absolute Gasteiger partial charge is 0.170 e.